The summed E-state index contributed by atoms with van der Waals surface area (Å²) >= 11 is 4.20. The van der Waals surface area contributed by atoms with Crippen molar-refractivity contribution >= 4 is 12.6 Å². The summed E-state index contributed by atoms with van der Waals surface area (Å²) in [6.45, 7) is 2.43. The van der Waals surface area contributed by atoms with Gasteiger partial charge in [0.05, 0.1) is 12.8 Å². The molecule has 4 nitrogen and oxygen atoms in total. The van der Waals surface area contributed by atoms with Gasteiger partial charge in [0.25, 0.3) is 5.56 Å². The van der Waals surface area contributed by atoms with E-state index >= 15 is 0 Å². The van der Waals surface area contributed by atoms with Gasteiger partial charge in [0.2, 0.25) is 0 Å². The number of aromatic nitrogens is 2. The molecule has 0 saturated heterocycles. The van der Waals surface area contributed by atoms with E-state index in [1.54, 1.807) is 13.2 Å². The molecule has 5 heteroatoms. The highest BCUT2D eigenvalue weighted by molar-refractivity contribution is 7.79. The Morgan fingerprint density at radius 2 is 2.16 bits per heavy atom. The van der Waals surface area contributed by atoms with Gasteiger partial charge in [-0.05, 0) is 25.1 Å². The quantitative estimate of drug-likeness (QED) is 0.872. The van der Waals surface area contributed by atoms with Gasteiger partial charge in [-0.25, -0.2) is 4.68 Å². The summed E-state index contributed by atoms with van der Waals surface area (Å²) in [5.74, 6) is 1.17. The summed E-state index contributed by atoms with van der Waals surface area (Å²) in [5.41, 5.74) is 2.25. The maximum atomic E-state index is 12.0. The van der Waals surface area contributed by atoms with Crippen LogP contribution in [0.1, 0.15) is 12.5 Å². The second-order valence-corrected chi connectivity index (χ2v) is 4.38. The lowest BCUT2D eigenvalue weighted by Crippen LogP contribution is -2.25. The lowest BCUT2D eigenvalue weighted by atomic mass is 10.1. The van der Waals surface area contributed by atoms with Crippen molar-refractivity contribution in [2.45, 2.75) is 19.2 Å². The molecule has 0 spiro atoms. The van der Waals surface area contributed by atoms with E-state index in [1.807, 2.05) is 31.2 Å². The Morgan fingerprint density at radius 3 is 2.79 bits per heavy atom. The highest BCUT2D eigenvalue weighted by Gasteiger charge is 2.08. The van der Waals surface area contributed by atoms with Gasteiger partial charge in [-0.1, -0.05) is 12.1 Å². The molecule has 0 fully saturated rings. The van der Waals surface area contributed by atoms with E-state index in [4.69, 9.17) is 4.74 Å². The van der Waals surface area contributed by atoms with Gasteiger partial charge < -0.3 is 4.74 Å². The summed E-state index contributed by atoms with van der Waals surface area (Å²) in [6, 6.07) is 9.40. The van der Waals surface area contributed by atoms with Gasteiger partial charge in [0.15, 0.2) is 0 Å². The highest BCUT2D eigenvalue weighted by atomic mass is 32.1. The van der Waals surface area contributed by atoms with E-state index in [0.29, 0.717) is 17.9 Å². The molecule has 2 aromatic rings. The van der Waals surface area contributed by atoms with Crippen LogP contribution in [0.5, 0.6) is 5.75 Å². The molecule has 1 aromatic heterocycles. The molecule has 0 saturated carbocycles. The molecule has 0 bridgehead atoms. The first kappa shape index (κ1) is 13.7. The van der Waals surface area contributed by atoms with Crippen LogP contribution in [0.25, 0.3) is 11.3 Å². The third-order valence-corrected chi connectivity index (χ3v) is 3.22. The molecule has 0 atom stereocenters. The molecule has 100 valence electrons. The summed E-state index contributed by atoms with van der Waals surface area (Å²) in [7, 11) is 1.62. The minimum Gasteiger partial charge on any atom is -0.497 e. The highest BCUT2D eigenvalue weighted by Crippen LogP contribution is 2.22. The van der Waals surface area contributed by atoms with Crippen molar-refractivity contribution in [3.8, 4) is 17.0 Å². The Kier molecular flexibility index (Phi) is 4.27. The monoisotopic (exact) mass is 276 g/mol. The van der Waals surface area contributed by atoms with Crippen molar-refractivity contribution in [3.63, 3.8) is 0 Å². The van der Waals surface area contributed by atoms with Crippen LogP contribution in [0.15, 0.2) is 35.1 Å². The number of nitrogens with zero attached hydrogens (tertiary/aromatic N) is 2. The van der Waals surface area contributed by atoms with Crippen LogP contribution in [-0.2, 0) is 12.3 Å². The fraction of sp³-hybridized carbons (Fsp3) is 0.286. The number of methoxy groups -OCH3 is 1. The predicted molar refractivity (Wildman–Crippen MR) is 78.8 cm³/mol. The fourth-order valence-corrected chi connectivity index (χ4v) is 2.07. The second-order valence-electron chi connectivity index (χ2n) is 4.07. The number of thiol groups is 1. The zero-order valence-electron chi connectivity index (χ0n) is 11.0. The zero-order valence-corrected chi connectivity index (χ0v) is 11.9. The van der Waals surface area contributed by atoms with Crippen LogP contribution < -0.4 is 10.3 Å². The SMILES string of the molecule is CCn1nc(-c2cccc(OC)c2)cc(CS)c1=O. The van der Waals surface area contributed by atoms with Crippen molar-refractivity contribution in [3.05, 3.63) is 46.2 Å². The molecule has 1 heterocycles. The fourth-order valence-electron chi connectivity index (χ4n) is 1.85. The van der Waals surface area contributed by atoms with Crippen molar-refractivity contribution < 1.29 is 4.74 Å². The Balaban J connectivity index is 2.58. The lowest BCUT2D eigenvalue weighted by molar-refractivity contribution is 0.415. The maximum Gasteiger partial charge on any atom is 0.270 e. The molecule has 0 aliphatic carbocycles. The molecule has 19 heavy (non-hydrogen) atoms. The van der Waals surface area contributed by atoms with E-state index < -0.39 is 0 Å². The number of benzene rings is 1. The molecular weight excluding hydrogens is 260 g/mol. The van der Waals surface area contributed by atoms with Crippen molar-refractivity contribution in [1.82, 2.24) is 9.78 Å². The molecule has 0 aliphatic rings. The standard InChI is InChI=1S/C14H16N2O2S/c1-3-16-14(17)11(9-19)8-13(15-16)10-5-4-6-12(7-10)18-2/h4-8,19H,3,9H2,1-2H3. The summed E-state index contributed by atoms with van der Waals surface area (Å²) in [6.07, 6.45) is 0. The van der Waals surface area contributed by atoms with Gasteiger partial charge in [-0.2, -0.15) is 17.7 Å². The minimum absolute atomic E-state index is 0.0795. The van der Waals surface area contributed by atoms with E-state index in [9.17, 15) is 4.79 Å². The normalized spacial score (nSPS) is 10.5. The second kappa shape index (κ2) is 5.93. The first-order valence-corrected chi connectivity index (χ1v) is 6.69. The molecule has 2 rings (SSSR count). The Hall–Kier alpha value is -1.75. The Morgan fingerprint density at radius 1 is 1.37 bits per heavy atom. The summed E-state index contributed by atoms with van der Waals surface area (Å²) in [5, 5.41) is 4.36. The molecular formula is C14H16N2O2S. The van der Waals surface area contributed by atoms with Crippen LogP contribution in [0.3, 0.4) is 0 Å². The average molecular weight is 276 g/mol. The topological polar surface area (TPSA) is 44.1 Å². The van der Waals surface area contributed by atoms with Crippen LogP contribution in [0, 0.1) is 0 Å². The number of hydrogen-bond donors (Lipinski definition) is 1. The van der Waals surface area contributed by atoms with Crippen LogP contribution in [-0.4, -0.2) is 16.9 Å². The maximum absolute atomic E-state index is 12.0. The zero-order chi connectivity index (χ0) is 13.8. The van der Waals surface area contributed by atoms with Crippen LogP contribution in [0.4, 0.5) is 0 Å². The van der Waals surface area contributed by atoms with Crippen LogP contribution >= 0.6 is 12.6 Å². The first-order valence-electron chi connectivity index (χ1n) is 6.06. The van der Waals surface area contributed by atoms with Crippen molar-refractivity contribution in [2.75, 3.05) is 7.11 Å². The molecule has 0 amide bonds. The smallest absolute Gasteiger partial charge is 0.270 e. The van der Waals surface area contributed by atoms with Gasteiger partial charge in [0, 0.05) is 23.4 Å². The van der Waals surface area contributed by atoms with E-state index in [-0.39, 0.29) is 5.56 Å². The molecule has 0 aliphatic heterocycles. The van der Waals surface area contributed by atoms with Gasteiger partial charge in [-0.15, -0.1) is 0 Å². The van der Waals surface area contributed by atoms with E-state index in [2.05, 4.69) is 17.7 Å². The summed E-state index contributed by atoms with van der Waals surface area (Å²) < 4.78 is 6.66. The molecule has 0 unspecified atom stereocenters. The minimum atomic E-state index is -0.0795. The van der Waals surface area contributed by atoms with Crippen LogP contribution in [0.2, 0.25) is 0 Å². The lowest BCUT2D eigenvalue weighted by Gasteiger charge is -2.09. The third-order valence-electron chi connectivity index (χ3n) is 2.88. The predicted octanol–water partition coefficient (Wildman–Crippen LogP) is 2.37. The first-order chi connectivity index (χ1) is 9.19. The van der Waals surface area contributed by atoms with Gasteiger partial charge >= 0.3 is 0 Å². The third kappa shape index (κ3) is 2.81. The van der Waals surface area contributed by atoms with E-state index in [1.165, 1.54) is 4.68 Å². The van der Waals surface area contributed by atoms with Gasteiger partial charge in [-0.3, -0.25) is 4.79 Å². The summed E-state index contributed by atoms with van der Waals surface area (Å²) in [4.78, 5) is 12.0. The molecule has 1 aromatic carbocycles. The Bertz CT molecular complexity index is 609. The molecule has 0 N–H and O–H groups in total. The van der Waals surface area contributed by atoms with Crippen molar-refractivity contribution in [2.24, 2.45) is 0 Å². The number of rotatable bonds is 4. The number of hydrogen-bond acceptors (Lipinski definition) is 4. The largest absolute Gasteiger partial charge is 0.497 e. The van der Waals surface area contributed by atoms with Crippen molar-refractivity contribution in [1.29, 1.82) is 0 Å². The Labute approximate surface area is 117 Å². The number of ether oxygens (including phenoxy) is 1. The van der Waals surface area contributed by atoms with Gasteiger partial charge in [0.1, 0.15) is 5.75 Å². The average Bonchev–Trinajstić information content (AvgIpc) is 2.47. The van der Waals surface area contributed by atoms with E-state index in [0.717, 1.165) is 17.0 Å². The number of aryl methyl sites for hydroxylation is 1. The molecule has 0 radical (unpaired) electrons.